The quantitative estimate of drug-likeness (QED) is 0.629. The number of hydrogen-bond donors (Lipinski definition) is 1. The molecule has 4 rings (SSSR count). The second-order valence-electron chi connectivity index (χ2n) is 9.00. The van der Waals surface area contributed by atoms with E-state index in [1.165, 1.54) is 17.9 Å². The SMILES string of the molecule is CCOC(=O)N1C=CN(CC2CCN(c3ccc(N4CC(CNC(C)=O)OC4=O)cc3F)CC2)C1. The molecule has 3 amide bonds. The average Bonchev–Trinajstić information content (AvgIpc) is 3.45. The van der Waals surface area contributed by atoms with Gasteiger partial charge in [-0.05, 0) is 43.9 Å². The molecule has 2 fully saturated rings. The summed E-state index contributed by atoms with van der Waals surface area (Å²) >= 11 is 0. The fourth-order valence-corrected chi connectivity index (χ4v) is 4.61. The van der Waals surface area contributed by atoms with E-state index in [0.717, 1.165) is 32.5 Å². The normalized spacial score (nSPS) is 20.4. The van der Waals surface area contributed by atoms with Gasteiger partial charge in [0, 0.05) is 39.0 Å². The molecule has 190 valence electrons. The van der Waals surface area contributed by atoms with Crippen LogP contribution < -0.4 is 15.1 Å². The Hall–Kier alpha value is -3.50. The molecule has 3 heterocycles. The Kier molecular flexibility index (Phi) is 7.62. The van der Waals surface area contributed by atoms with Gasteiger partial charge in [0.1, 0.15) is 18.6 Å². The van der Waals surface area contributed by atoms with E-state index in [1.54, 1.807) is 30.2 Å². The molecule has 10 nitrogen and oxygen atoms in total. The molecular formula is C24H32FN5O5. The Labute approximate surface area is 204 Å². The molecule has 3 aliphatic heterocycles. The maximum Gasteiger partial charge on any atom is 0.415 e. The first kappa shape index (κ1) is 24.6. The number of piperidine rings is 1. The first-order chi connectivity index (χ1) is 16.8. The first-order valence-corrected chi connectivity index (χ1v) is 12.0. The van der Waals surface area contributed by atoms with Crippen molar-refractivity contribution in [1.29, 1.82) is 0 Å². The molecule has 1 atom stereocenters. The van der Waals surface area contributed by atoms with Gasteiger partial charge in [-0.15, -0.1) is 0 Å². The number of halogens is 1. The predicted molar refractivity (Wildman–Crippen MR) is 127 cm³/mol. The minimum absolute atomic E-state index is 0.200. The van der Waals surface area contributed by atoms with Crippen molar-refractivity contribution in [2.45, 2.75) is 32.8 Å². The number of anilines is 2. The summed E-state index contributed by atoms with van der Waals surface area (Å²) in [7, 11) is 0. The average molecular weight is 490 g/mol. The topological polar surface area (TPSA) is 94.7 Å². The van der Waals surface area contributed by atoms with Gasteiger partial charge < -0.3 is 24.6 Å². The van der Waals surface area contributed by atoms with Crippen molar-refractivity contribution in [3.05, 3.63) is 36.4 Å². The highest BCUT2D eigenvalue weighted by Gasteiger charge is 2.33. The van der Waals surface area contributed by atoms with Crippen LogP contribution in [0, 0.1) is 11.7 Å². The standard InChI is InChI=1S/C24H32FN5O5/c1-3-34-23(32)29-11-10-27(16-29)14-18-6-8-28(9-7-18)22-5-4-19(12-21(22)25)30-15-20(35-24(30)33)13-26-17(2)31/h4-5,10-12,18,20H,3,6-9,13-16H2,1-2H3,(H,26,31). The highest BCUT2D eigenvalue weighted by atomic mass is 19.1. The number of nitrogens with one attached hydrogen (secondary N) is 1. The summed E-state index contributed by atoms with van der Waals surface area (Å²) in [5, 5.41) is 2.63. The van der Waals surface area contributed by atoms with E-state index < -0.39 is 12.2 Å². The van der Waals surface area contributed by atoms with Crippen LogP contribution in [0.25, 0.3) is 0 Å². The Morgan fingerprint density at radius 1 is 1.23 bits per heavy atom. The van der Waals surface area contributed by atoms with Crippen LogP contribution >= 0.6 is 0 Å². The summed E-state index contributed by atoms with van der Waals surface area (Å²) in [5.74, 6) is -0.138. The van der Waals surface area contributed by atoms with Crippen molar-refractivity contribution < 1.29 is 28.2 Å². The molecule has 3 aliphatic rings. The molecule has 0 aromatic heterocycles. The molecule has 1 aromatic rings. The maximum atomic E-state index is 15.0. The van der Waals surface area contributed by atoms with E-state index in [9.17, 15) is 14.4 Å². The third kappa shape index (κ3) is 5.95. The Morgan fingerprint density at radius 2 is 2.00 bits per heavy atom. The Balaban J connectivity index is 1.27. The highest BCUT2D eigenvalue weighted by Crippen LogP contribution is 2.31. The summed E-state index contributed by atoms with van der Waals surface area (Å²) in [6.45, 7) is 6.77. The van der Waals surface area contributed by atoms with Gasteiger partial charge in [-0.1, -0.05) is 0 Å². The van der Waals surface area contributed by atoms with Crippen molar-refractivity contribution in [2.24, 2.45) is 5.92 Å². The lowest BCUT2D eigenvalue weighted by Gasteiger charge is -2.35. The third-order valence-corrected chi connectivity index (χ3v) is 6.44. The molecule has 11 heteroatoms. The van der Waals surface area contributed by atoms with Crippen LogP contribution in [0.5, 0.6) is 0 Å². The van der Waals surface area contributed by atoms with Crippen LogP contribution in [0.2, 0.25) is 0 Å². The summed E-state index contributed by atoms with van der Waals surface area (Å²) in [6, 6.07) is 4.80. The Bertz CT molecular complexity index is 981. The molecule has 1 unspecified atom stereocenters. The number of nitrogens with zero attached hydrogens (tertiary/aromatic N) is 4. The molecule has 0 spiro atoms. The fourth-order valence-electron chi connectivity index (χ4n) is 4.61. The number of benzene rings is 1. The van der Waals surface area contributed by atoms with Gasteiger partial charge in [0.15, 0.2) is 0 Å². The summed E-state index contributed by atoms with van der Waals surface area (Å²) in [5.41, 5.74) is 0.951. The number of amides is 3. The second-order valence-corrected chi connectivity index (χ2v) is 9.00. The Morgan fingerprint density at radius 3 is 2.69 bits per heavy atom. The molecule has 1 aromatic carbocycles. The lowest BCUT2D eigenvalue weighted by Crippen LogP contribution is -2.39. The van der Waals surface area contributed by atoms with Crippen LogP contribution in [0.1, 0.15) is 26.7 Å². The van der Waals surface area contributed by atoms with Gasteiger partial charge in [-0.3, -0.25) is 14.6 Å². The van der Waals surface area contributed by atoms with Crippen molar-refractivity contribution >= 4 is 29.5 Å². The summed E-state index contributed by atoms with van der Waals surface area (Å²) < 4.78 is 25.3. The summed E-state index contributed by atoms with van der Waals surface area (Å²) in [4.78, 5) is 42.2. The second kappa shape index (κ2) is 10.8. The van der Waals surface area contributed by atoms with Gasteiger partial charge >= 0.3 is 12.2 Å². The largest absolute Gasteiger partial charge is 0.449 e. The van der Waals surface area contributed by atoms with Crippen molar-refractivity contribution in [3.8, 4) is 0 Å². The monoisotopic (exact) mass is 489 g/mol. The van der Waals surface area contributed by atoms with Crippen LogP contribution in [0.15, 0.2) is 30.6 Å². The van der Waals surface area contributed by atoms with Crippen LogP contribution in [0.4, 0.5) is 25.4 Å². The summed E-state index contributed by atoms with van der Waals surface area (Å²) in [6.07, 6.45) is 4.11. The zero-order valence-electron chi connectivity index (χ0n) is 20.1. The number of ether oxygens (including phenoxy) is 2. The number of carbonyl (C=O) groups is 3. The molecule has 0 saturated carbocycles. The van der Waals surface area contributed by atoms with E-state index in [2.05, 4.69) is 10.2 Å². The fraction of sp³-hybridized carbons (Fsp3) is 0.542. The lowest BCUT2D eigenvalue weighted by atomic mass is 9.96. The number of cyclic esters (lactones) is 1. The molecule has 35 heavy (non-hydrogen) atoms. The lowest BCUT2D eigenvalue weighted by molar-refractivity contribution is -0.119. The minimum atomic E-state index is -0.550. The van der Waals surface area contributed by atoms with Gasteiger partial charge in [0.05, 0.1) is 31.1 Å². The number of rotatable bonds is 7. The van der Waals surface area contributed by atoms with Crippen molar-refractivity contribution in [3.63, 3.8) is 0 Å². The smallest absolute Gasteiger partial charge is 0.415 e. The van der Waals surface area contributed by atoms with Gasteiger partial charge in [0.25, 0.3) is 0 Å². The molecule has 0 radical (unpaired) electrons. The van der Waals surface area contributed by atoms with Crippen LogP contribution in [-0.2, 0) is 14.3 Å². The number of carbonyl (C=O) groups excluding carboxylic acids is 3. The maximum absolute atomic E-state index is 15.0. The molecule has 0 aliphatic carbocycles. The van der Waals surface area contributed by atoms with Gasteiger partial charge in [-0.25, -0.2) is 14.0 Å². The van der Waals surface area contributed by atoms with E-state index >= 15 is 4.39 Å². The van der Waals surface area contributed by atoms with Crippen LogP contribution in [-0.4, -0.2) is 80.0 Å². The zero-order chi connectivity index (χ0) is 24.9. The van der Waals surface area contributed by atoms with E-state index in [0.29, 0.717) is 30.6 Å². The van der Waals surface area contributed by atoms with Crippen molar-refractivity contribution in [1.82, 2.24) is 15.1 Å². The minimum Gasteiger partial charge on any atom is -0.449 e. The van der Waals surface area contributed by atoms with E-state index in [1.807, 2.05) is 11.1 Å². The van der Waals surface area contributed by atoms with Crippen LogP contribution in [0.3, 0.4) is 0 Å². The zero-order valence-corrected chi connectivity index (χ0v) is 20.1. The van der Waals surface area contributed by atoms with E-state index in [-0.39, 0.29) is 30.9 Å². The molecule has 2 saturated heterocycles. The predicted octanol–water partition coefficient (Wildman–Crippen LogP) is 2.71. The first-order valence-electron chi connectivity index (χ1n) is 12.0. The van der Waals surface area contributed by atoms with Gasteiger partial charge in [-0.2, -0.15) is 0 Å². The number of hydrogen-bond acceptors (Lipinski definition) is 7. The highest BCUT2D eigenvalue weighted by molar-refractivity contribution is 5.90. The molecular weight excluding hydrogens is 457 g/mol. The van der Waals surface area contributed by atoms with Gasteiger partial charge in [0.2, 0.25) is 5.91 Å². The van der Waals surface area contributed by atoms with E-state index in [4.69, 9.17) is 9.47 Å². The third-order valence-electron chi connectivity index (χ3n) is 6.44. The molecule has 1 N–H and O–H groups in total. The van der Waals surface area contributed by atoms with Crippen molar-refractivity contribution in [2.75, 3.05) is 55.8 Å². The molecule has 0 bridgehead atoms.